The summed E-state index contributed by atoms with van der Waals surface area (Å²) in [4.78, 5) is 15.5. The van der Waals surface area contributed by atoms with Gasteiger partial charge in [-0.15, -0.1) is 0 Å². The van der Waals surface area contributed by atoms with Crippen LogP contribution in [0.1, 0.15) is 6.42 Å². The van der Waals surface area contributed by atoms with Crippen LogP contribution in [-0.2, 0) is 14.8 Å². The van der Waals surface area contributed by atoms with E-state index >= 15 is 0 Å². The zero-order valence-electron chi connectivity index (χ0n) is 10.9. The van der Waals surface area contributed by atoms with E-state index in [2.05, 4.69) is 4.98 Å². The van der Waals surface area contributed by atoms with E-state index in [-0.39, 0.29) is 5.88 Å². The lowest BCUT2D eigenvalue weighted by Crippen LogP contribution is -2.37. The molecule has 2 heterocycles. The van der Waals surface area contributed by atoms with E-state index in [1.165, 1.54) is 27.6 Å². The van der Waals surface area contributed by atoms with Crippen LogP contribution in [0, 0.1) is 0 Å². The standard InChI is InChI=1S/C11H10F3N3O4S/c12-11(13,14)22(19,20)16-5-4-10(18)21-9-3-1-2-8-15-6-7-17(8)9/h1-3,6-7,16H,4-5H2. The van der Waals surface area contributed by atoms with Crippen molar-refractivity contribution in [3.63, 3.8) is 0 Å². The van der Waals surface area contributed by atoms with Crippen LogP contribution >= 0.6 is 0 Å². The number of fused-ring (bicyclic) bond motifs is 1. The molecule has 0 aromatic carbocycles. The number of ether oxygens (including phenoxy) is 1. The van der Waals surface area contributed by atoms with Crippen molar-refractivity contribution >= 4 is 21.6 Å². The predicted molar refractivity (Wildman–Crippen MR) is 68.4 cm³/mol. The van der Waals surface area contributed by atoms with Gasteiger partial charge in [-0.1, -0.05) is 6.07 Å². The number of aromatic nitrogens is 2. The van der Waals surface area contributed by atoms with Crippen LogP contribution in [-0.4, -0.2) is 35.8 Å². The van der Waals surface area contributed by atoms with Gasteiger partial charge in [0.2, 0.25) is 5.88 Å². The summed E-state index contributed by atoms with van der Waals surface area (Å²) < 4.78 is 65.3. The number of carbonyl (C=O) groups is 1. The molecule has 0 bridgehead atoms. The molecule has 0 fully saturated rings. The number of pyridine rings is 1. The zero-order chi connectivity index (χ0) is 16.4. The van der Waals surface area contributed by atoms with Gasteiger partial charge in [-0.25, -0.2) is 18.1 Å². The van der Waals surface area contributed by atoms with Crippen molar-refractivity contribution in [1.29, 1.82) is 0 Å². The van der Waals surface area contributed by atoms with Crippen LogP contribution in [0.2, 0.25) is 0 Å². The van der Waals surface area contributed by atoms with Gasteiger partial charge >= 0.3 is 21.5 Å². The Morgan fingerprint density at radius 3 is 2.77 bits per heavy atom. The Morgan fingerprint density at radius 2 is 2.09 bits per heavy atom. The van der Waals surface area contributed by atoms with E-state index in [9.17, 15) is 26.4 Å². The minimum atomic E-state index is -5.46. The van der Waals surface area contributed by atoms with Crippen molar-refractivity contribution in [3.8, 4) is 5.88 Å². The SMILES string of the molecule is O=C(CCNS(=O)(=O)C(F)(F)F)Oc1cccc2nccn12. The molecule has 0 spiro atoms. The molecule has 2 aromatic rings. The highest BCUT2D eigenvalue weighted by molar-refractivity contribution is 7.90. The minimum absolute atomic E-state index is 0.124. The molecule has 0 aliphatic rings. The molecule has 0 saturated carbocycles. The summed E-state index contributed by atoms with van der Waals surface area (Å²) in [5.41, 5.74) is -4.90. The second kappa shape index (κ2) is 5.93. The molecule has 0 aliphatic carbocycles. The van der Waals surface area contributed by atoms with E-state index in [0.717, 1.165) is 0 Å². The van der Waals surface area contributed by atoms with Crippen LogP contribution < -0.4 is 9.46 Å². The number of sulfonamides is 1. The molecule has 2 rings (SSSR count). The number of imidazole rings is 1. The van der Waals surface area contributed by atoms with Gasteiger partial charge in [0.25, 0.3) is 0 Å². The number of carbonyl (C=O) groups excluding carboxylic acids is 1. The van der Waals surface area contributed by atoms with E-state index in [1.807, 2.05) is 0 Å². The molecular formula is C11H10F3N3O4S. The summed E-state index contributed by atoms with van der Waals surface area (Å²) in [7, 11) is -5.46. The summed E-state index contributed by atoms with van der Waals surface area (Å²) >= 11 is 0. The third-order valence-corrected chi connectivity index (χ3v) is 3.73. The van der Waals surface area contributed by atoms with Crippen LogP contribution in [0.25, 0.3) is 5.65 Å². The average molecular weight is 337 g/mol. The molecule has 0 saturated heterocycles. The Morgan fingerprint density at radius 1 is 1.36 bits per heavy atom. The van der Waals surface area contributed by atoms with E-state index in [0.29, 0.717) is 5.65 Å². The maximum absolute atomic E-state index is 12.1. The molecule has 11 heteroatoms. The fraction of sp³-hybridized carbons (Fsp3) is 0.273. The lowest BCUT2D eigenvalue weighted by molar-refractivity contribution is -0.134. The lowest BCUT2D eigenvalue weighted by Gasteiger charge is -2.09. The Labute approximate surface area is 122 Å². The fourth-order valence-electron chi connectivity index (χ4n) is 1.54. The Kier molecular flexibility index (Phi) is 4.37. The van der Waals surface area contributed by atoms with E-state index in [1.54, 1.807) is 12.1 Å². The highest BCUT2D eigenvalue weighted by Crippen LogP contribution is 2.21. The topological polar surface area (TPSA) is 89.8 Å². The third kappa shape index (κ3) is 3.54. The highest BCUT2D eigenvalue weighted by Gasteiger charge is 2.45. The molecule has 120 valence electrons. The van der Waals surface area contributed by atoms with Gasteiger partial charge in [-0.2, -0.15) is 13.2 Å². The fourth-order valence-corrected chi connectivity index (χ4v) is 2.08. The van der Waals surface area contributed by atoms with Gasteiger partial charge in [0, 0.05) is 18.9 Å². The van der Waals surface area contributed by atoms with Gasteiger partial charge in [0.15, 0.2) is 0 Å². The van der Waals surface area contributed by atoms with Crippen LogP contribution in [0.15, 0.2) is 30.6 Å². The number of esters is 1. The Balaban J connectivity index is 1.93. The first-order valence-corrected chi connectivity index (χ1v) is 7.38. The smallest absolute Gasteiger partial charge is 0.409 e. The van der Waals surface area contributed by atoms with Gasteiger partial charge in [-0.3, -0.25) is 9.20 Å². The molecule has 0 atom stereocenters. The normalized spacial score (nSPS) is 12.5. The molecule has 1 N–H and O–H groups in total. The summed E-state index contributed by atoms with van der Waals surface area (Å²) in [6.07, 6.45) is 2.45. The largest absolute Gasteiger partial charge is 0.511 e. The van der Waals surface area contributed by atoms with Crippen molar-refractivity contribution in [2.45, 2.75) is 11.9 Å². The van der Waals surface area contributed by atoms with Crippen LogP contribution in [0.4, 0.5) is 13.2 Å². The van der Waals surface area contributed by atoms with Crippen molar-refractivity contribution in [2.24, 2.45) is 0 Å². The minimum Gasteiger partial charge on any atom is -0.409 e. The summed E-state index contributed by atoms with van der Waals surface area (Å²) in [6.45, 7) is -0.722. The van der Waals surface area contributed by atoms with Gasteiger partial charge in [0.1, 0.15) is 5.65 Å². The number of nitrogens with zero attached hydrogens (tertiary/aromatic N) is 2. The van der Waals surface area contributed by atoms with Crippen molar-refractivity contribution < 1.29 is 31.1 Å². The number of hydrogen-bond donors (Lipinski definition) is 1. The molecule has 0 amide bonds. The average Bonchev–Trinajstić information content (AvgIpc) is 2.86. The summed E-state index contributed by atoms with van der Waals surface area (Å²) in [5, 5.41) is 0. The maximum Gasteiger partial charge on any atom is 0.511 e. The van der Waals surface area contributed by atoms with Gasteiger partial charge in [0.05, 0.1) is 6.42 Å². The van der Waals surface area contributed by atoms with Crippen molar-refractivity contribution in [1.82, 2.24) is 14.1 Å². The summed E-state index contributed by atoms with van der Waals surface area (Å²) in [5.74, 6) is -0.759. The van der Waals surface area contributed by atoms with E-state index in [4.69, 9.17) is 4.74 Å². The lowest BCUT2D eigenvalue weighted by atomic mass is 10.4. The second-order valence-corrected chi connectivity index (χ2v) is 5.85. The second-order valence-electron chi connectivity index (χ2n) is 4.09. The van der Waals surface area contributed by atoms with Gasteiger partial charge < -0.3 is 4.74 Å². The first-order valence-electron chi connectivity index (χ1n) is 5.89. The first-order chi connectivity index (χ1) is 10.2. The molecular weight excluding hydrogens is 327 g/mol. The number of nitrogens with one attached hydrogen (secondary N) is 1. The number of hydrogen-bond acceptors (Lipinski definition) is 5. The number of alkyl halides is 3. The zero-order valence-corrected chi connectivity index (χ0v) is 11.7. The summed E-state index contributed by atoms with van der Waals surface area (Å²) in [6, 6.07) is 4.71. The molecule has 0 radical (unpaired) electrons. The quantitative estimate of drug-likeness (QED) is 0.824. The maximum atomic E-state index is 12.1. The molecule has 7 nitrogen and oxygen atoms in total. The Bertz CT molecular complexity index is 785. The Hall–Kier alpha value is -2.14. The van der Waals surface area contributed by atoms with Crippen LogP contribution in [0.5, 0.6) is 5.88 Å². The third-order valence-electron chi connectivity index (χ3n) is 2.54. The highest BCUT2D eigenvalue weighted by atomic mass is 32.2. The monoisotopic (exact) mass is 337 g/mol. The first kappa shape index (κ1) is 16.2. The molecule has 22 heavy (non-hydrogen) atoms. The number of halogens is 3. The molecule has 0 unspecified atom stereocenters. The van der Waals surface area contributed by atoms with Crippen LogP contribution in [0.3, 0.4) is 0 Å². The van der Waals surface area contributed by atoms with E-state index < -0.39 is 34.5 Å². The van der Waals surface area contributed by atoms with Gasteiger partial charge in [-0.05, 0) is 12.1 Å². The number of rotatable bonds is 5. The predicted octanol–water partition coefficient (Wildman–Crippen LogP) is 1.07. The molecule has 0 aliphatic heterocycles. The van der Waals surface area contributed by atoms with Crippen molar-refractivity contribution in [3.05, 3.63) is 30.6 Å². The van der Waals surface area contributed by atoms with Crippen molar-refractivity contribution in [2.75, 3.05) is 6.54 Å². The molecule has 2 aromatic heterocycles.